The largest absolute Gasteiger partial charge is 0.495 e. The van der Waals surface area contributed by atoms with Gasteiger partial charge in [-0.3, -0.25) is 0 Å². The van der Waals surface area contributed by atoms with E-state index in [1.54, 1.807) is 19.1 Å². The molecule has 1 aliphatic rings. The second-order valence-corrected chi connectivity index (χ2v) is 3.84. The van der Waals surface area contributed by atoms with Crippen molar-refractivity contribution in [1.29, 1.82) is 0 Å². The maximum Gasteiger partial charge on any atom is 0.338 e. The molecule has 0 spiro atoms. The molecule has 1 aromatic heterocycles. The van der Waals surface area contributed by atoms with Gasteiger partial charge in [-0.1, -0.05) is 11.6 Å². The van der Waals surface area contributed by atoms with Gasteiger partial charge in [0.15, 0.2) is 6.10 Å². The fourth-order valence-corrected chi connectivity index (χ4v) is 1.69. The highest BCUT2D eigenvalue weighted by molar-refractivity contribution is 6.29. The molecule has 1 fully saturated rings. The van der Waals surface area contributed by atoms with Crippen LogP contribution in [0.2, 0.25) is 5.15 Å². The molecule has 5 nitrogen and oxygen atoms in total. The summed E-state index contributed by atoms with van der Waals surface area (Å²) < 4.78 is 15.2. The lowest BCUT2D eigenvalue weighted by Crippen LogP contribution is -2.12. The first-order chi connectivity index (χ1) is 8.17. The number of epoxide rings is 1. The molecule has 0 bridgehead atoms. The molecule has 0 saturated carbocycles. The Kier molecular flexibility index (Phi) is 3.49. The van der Waals surface area contributed by atoms with Crippen LogP contribution in [0.1, 0.15) is 18.7 Å². The number of pyridine rings is 1. The van der Waals surface area contributed by atoms with Gasteiger partial charge in [0.2, 0.25) is 0 Å². The van der Waals surface area contributed by atoms with Crippen molar-refractivity contribution in [2.45, 2.75) is 19.1 Å². The second kappa shape index (κ2) is 4.89. The van der Waals surface area contributed by atoms with Crippen molar-refractivity contribution in [1.82, 2.24) is 4.98 Å². The topological polar surface area (TPSA) is 61.0 Å². The van der Waals surface area contributed by atoms with E-state index in [0.29, 0.717) is 23.2 Å². The Bertz CT molecular complexity index is 437. The van der Waals surface area contributed by atoms with Crippen LogP contribution in [-0.2, 0) is 14.3 Å². The molecule has 0 N–H and O–H groups in total. The van der Waals surface area contributed by atoms with Crippen molar-refractivity contribution in [3.05, 3.63) is 23.0 Å². The van der Waals surface area contributed by atoms with Gasteiger partial charge in [-0.15, -0.1) is 0 Å². The van der Waals surface area contributed by atoms with Crippen molar-refractivity contribution < 1.29 is 19.0 Å². The first kappa shape index (κ1) is 12.1. The van der Waals surface area contributed by atoms with E-state index in [0.717, 1.165) is 0 Å². The standard InChI is InChI=1S/C11H12ClNO4/c1-3-16-11(14)10-9(17-10)8-6(15-2)4-5-7(12)13-8/h4-5,9-10H,3H2,1-2H3/t9-,10+/m1/s1. The Balaban J connectivity index is 2.14. The van der Waals surface area contributed by atoms with Crippen LogP contribution in [0, 0.1) is 0 Å². The summed E-state index contributed by atoms with van der Waals surface area (Å²) in [6.45, 7) is 2.07. The molecule has 2 heterocycles. The minimum atomic E-state index is -0.602. The molecule has 0 unspecified atom stereocenters. The summed E-state index contributed by atoms with van der Waals surface area (Å²) in [6, 6.07) is 3.31. The van der Waals surface area contributed by atoms with Gasteiger partial charge >= 0.3 is 5.97 Å². The van der Waals surface area contributed by atoms with Crippen molar-refractivity contribution in [3.8, 4) is 5.75 Å². The molecule has 0 radical (unpaired) electrons. The molecule has 17 heavy (non-hydrogen) atoms. The van der Waals surface area contributed by atoms with Gasteiger partial charge in [-0.2, -0.15) is 0 Å². The summed E-state index contributed by atoms with van der Waals surface area (Å²) in [5, 5.41) is 0.332. The van der Waals surface area contributed by atoms with Crippen LogP contribution in [0.3, 0.4) is 0 Å². The fraction of sp³-hybridized carbons (Fsp3) is 0.455. The highest BCUT2D eigenvalue weighted by Crippen LogP contribution is 2.42. The van der Waals surface area contributed by atoms with E-state index in [1.807, 2.05) is 0 Å². The van der Waals surface area contributed by atoms with Gasteiger partial charge in [0, 0.05) is 0 Å². The minimum absolute atomic E-state index is 0.325. The monoisotopic (exact) mass is 257 g/mol. The van der Waals surface area contributed by atoms with Gasteiger partial charge in [0.1, 0.15) is 22.7 Å². The number of hydrogen-bond acceptors (Lipinski definition) is 5. The maximum absolute atomic E-state index is 11.4. The zero-order valence-corrected chi connectivity index (χ0v) is 10.2. The van der Waals surface area contributed by atoms with Crippen molar-refractivity contribution in [2.24, 2.45) is 0 Å². The first-order valence-electron chi connectivity index (χ1n) is 5.20. The number of carbonyl (C=O) groups excluding carboxylic acids is 1. The van der Waals surface area contributed by atoms with Crippen LogP contribution in [-0.4, -0.2) is 30.8 Å². The van der Waals surface area contributed by atoms with Gasteiger partial charge in [0.25, 0.3) is 0 Å². The highest BCUT2D eigenvalue weighted by atomic mass is 35.5. The molecule has 0 aromatic carbocycles. The molecule has 92 valence electrons. The quantitative estimate of drug-likeness (QED) is 0.467. The summed E-state index contributed by atoms with van der Waals surface area (Å²) in [6.07, 6.45) is -1.03. The number of methoxy groups -OCH3 is 1. The van der Waals surface area contributed by atoms with Crippen LogP contribution in [0.25, 0.3) is 0 Å². The molecule has 2 atom stereocenters. The molecular weight excluding hydrogens is 246 g/mol. The third-order valence-corrected chi connectivity index (χ3v) is 2.56. The van der Waals surface area contributed by atoms with Crippen LogP contribution < -0.4 is 4.74 Å². The highest BCUT2D eigenvalue weighted by Gasteiger charge is 2.49. The van der Waals surface area contributed by atoms with Gasteiger partial charge in [-0.25, -0.2) is 9.78 Å². The van der Waals surface area contributed by atoms with Crippen molar-refractivity contribution in [3.63, 3.8) is 0 Å². The zero-order chi connectivity index (χ0) is 12.4. The van der Waals surface area contributed by atoms with Gasteiger partial charge < -0.3 is 14.2 Å². The summed E-state index contributed by atoms with van der Waals surface area (Å²) in [7, 11) is 1.52. The molecular formula is C11H12ClNO4. The van der Waals surface area contributed by atoms with E-state index >= 15 is 0 Å². The Labute approximate surface area is 104 Å². The van der Waals surface area contributed by atoms with E-state index in [2.05, 4.69) is 4.98 Å². The number of esters is 1. The van der Waals surface area contributed by atoms with Crippen LogP contribution in [0.4, 0.5) is 0 Å². The fourth-order valence-electron chi connectivity index (χ4n) is 1.54. The van der Waals surface area contributed by atoms with Crippen molar-refractivity contribution in [2.75, 3.05) is 13.7 Å². The normalized spacial score (nSPS) is 22.1. The number of carbonyl (C=O) groups is 1. The summed E-state index contributed by atoms with van der Waals surface area (Å²) in [4.78, 5) is 15.5. The van der Waals surface area contributed by atoms with Gasteiger partial charge in [-0.05, 0) is 19.1 Å². The summed E-state index contributed by atoms with van der Waals surface area (Å²) >= 11 is 5.80. The lowest BCUT2D eigenvalue weighted by atomic mass is 10.2. The van der Waals surface area contributed by atoms with E-state index in [-0.39, 0.29) is 5.97 Å². The maximum atomic E-state index is 11.4. The average molecular weight is 258 g/mol. The number of aromatic nitrogens is 1. The number of nitrogens with zero attached hydrogens (tertiary/aromatic N) is 1. The van der Waals surface area contributed by atoms with E-state index in [1.165, 1.54) is 7.11 Å². The van der Waals surface area contributed by atoms with Crippen LogP contribution in [0.15, 0.2) is 12.1 Å². The third kappa shape index (κ3) is 2.50. The SMILES string of the molecule is CCOC(=O)[C@H]1O[C@@H]1c1nc(Cl)ccc1OC. The molecule has 1 aromatic rings. The molecule has 2 rings (SSSR count). The molecule has 1 saturated heterocycles. The smallest absolute Gasteiger partial charge is 0.338 e. The Morgan fingerprint density at radius 2 is 2.35 bits per heavy atom. The van der Waals surface area contributed by atoms with E-state index < -0.39 is 12.2 Å². The first-order valence-corrected chi connectivity index (χ1v) is 5.57. The zero-order valence-electron chi connectivity index (χ0n) is 9.47. The Hall–Kier alpha value is -1.33. The minimum Gasteiger partial charge on any atom is -0.495 e. The summed E-state index contributed by atoms with van der Waals surface area (Å²) in [5.41, 5.74) is 0.526. The number of rotatable bonds is 4. The average Bonchev–Trinajstić information content (AvgIpc) is 3.09. The van der Waals surface area contributed by atoms with Crippen LogP contribution >= 0.6 is 11.6 Å². The van der Waals surface area contributed by atoms with Crippen LogP contribution in [0.5, 0.6) is 5.75 Å². The molecule has 0 amide bonds. The lowest BCUT2D eigenvalue weighted by molar-refractivity contribution is -0.144. The number of hydrogen-bond donors (Lipinski definition) is 0. The predicted molar refractivity (Wildman–Crippen MR) is 60.0 cm³/mol. The van der Waals surface area contributed by atoms with E-state index in [9.17, 15) is 4.79 Å². The van der Waals surface area contributed by atoms with Crippen molar-refractivity contribution >= 4 is 17.6 Å². The third-order valence-electron chi connectivity index (χ3n) is 2.35. The Morgan fingerprint density at radius 1 is 1.59 bits per heavy atom. The van der Waals surface area contributed by atoms with Gasteiger partial charge in [0.05, 0.1) is 13.7 Å². The number of ether oxygens (including phenoxy) is 3. The second-order valence-electron chi connectivity index (χ2n) is 3.45. The molecule has 6 heteroatoms. The molecule has 0 aliphatic carbocycles. The number of halogens is 1. The summed E-state index contributed by atoms with van der Waals surface area (Å²) in [5.74, 6) is 0.160. The van der Waals surface area contributed by atoms with E-state index in [4.69, 9.17) is 25.8 Å². The lowest BCUT2D eigenvalue weighted by Gasteiger charge is -2.05. The Morgan fingerprint density at radius 3 is 3.00 bits per heavy atom. The predicted octanol–water partition coefficient (Wildman–Crippen LogP) is 1.75. The molecule has 1 aliphatic heterocycles.